The van der Waals surface area contributed by atoms with E-state index in [0.29, 0.717) is 22.9 Å². The van der Waals surface area contributed by atoms with Gasteiger partial charge in [0, 0.05) is 5.75 Å². The van der Waals surface area contributed by atoms with Crippen molar-refractivity contribution in [1.82, 2.24) is 0 Å². The summed E-state index contributed by atoms with van der Waals surface area (Å²) in [4.78, 5) is 11.4. The first-order valence-corrected chi connectivity index (χ1v) is 8.38. The van der Waals surface area contributed by atoms with Crippen LogP contribution in [0.3, 0.4) is 0 Å². The van der Waals surface area contributed by atoms with Crippen molar-refractivity contribution in [2.75, 3.05) is 19.7 Å². The van der Waals surface area contributed by atoms with Gasteiger partial charge in [-0.3, -0.25) is 4.79 Å². The lowest BCUT2D eigenvalue weighted by Gasteiger charge is -2.13. The van der Waals surface area contributed by atoms with E-state index in [2.05, 4.69) is 0 Å². The van der Waals surface area contributed by atoms with Crippen molar-refractivity contribution in [3.63, 3.8) is 0 Å². The van der Waals surface area contributed by atoms with Gasteiger partial charge in [0.15, 0.2) is 11.5 Å². The Balaban J connectivity index is 1.54. The van der Waals surface area contributed by atoms with Crippen LogP contribution in [0, 0.1) is 5.41 Å². The zero-order chi connectivity index (χ0) is 14.9. The van der Waals surface area contributed by atoms with Crippen LogP contribution in [0.4, 0.5) is 0 Å². The molecule has 1 aromatic carbocycles. The standard InChI is InChI=1S/C15H17ClO4S/c1-18-13(17)6-15(2-3-15)8-21-7-10-4-11(16)14-12(5-10)19-9-20-14/h4-5H,2-3,6-9H2,1H3. The third-order valence-corrected chi connectivity index (χ3v) is 5.50. The minimum Gasteiger partial charge on any atom is -0.469 e. The average molecular weight is 329 g/mol. The summed E-state index contributed by atoms with van der Waals surface area (Å²) in [5, 5.41) is 0.594. The summed E-state index contributed by atoms with van der Waals surface area (Å²) in [6.45, 7) is 0.230. The smallest absolute Gasteiger partial charge is 0.306 e. The van der Waals surface area contributed by atoms with E-state index in [1.807, 2.05) is 23.9 Å². The van der Waals surface area contributed by atoms with Gasteiger partial charge in [-0.1, -0.05) is 11.6 Å². The Morgan fingerprint density at radius 2 is 2.24 bits per heavy atom. The molecule has 1 heterocycles. The molecule has 21 heavy (non-hydrogen) atoms. The van der Waals surface area contributed by atoms with Crippen LogP contribution in [0.25, 0.3) is 0 Å². The molecule has 6 heteroatoms. The topological polar surface area (TPSA) is 44.8 Å². The molecule has 0 bridgehead atoms. The summed E-state index contributed by atoms with van der Waals surface area (Å²) in [5.74, 6) is 3.05. The fraction of sp³-hybridized carbons (Fsp3) is 0.533. The van der Waals surface area contributed by atoms with Gasteiger partial charge in [-0.25, -0.2) is 0 Å². The Morgan fingerprint density at radius 1 is 1.43 bits per heavy atom. The molecule has 1 aliphatic carbocycles. The van der Waals surface area contributed by atoms with Gasteiger partial charge in [0.2, 0.25) is 6.79 Å². The van der Waals surface area contributed by atoms with E-state index in [0.717, 1.165) is 29.9 Å². The molecule has 0 saturated heterocycles. The van der Waals surface area contributed by atoms with Crippen LogP contribution in [0.1, 0.15) is 24.8 Å². The van der Waals surface area contributed by atoms with Crippen LogP contribution in [0.15, 0.2) is 12.1 Å². The summed E-state index contributed by atoms with van der Waals surface area (Å²) in [6, 6.07) is 3.89. The fourth-order valence-corrected chi connectivity index (χ4v) is 4.03. The molecular weight excluding hydrogens is 312 g/mol. The minimum atomic E-state index is -0.112. The van der Waals surface area contributed by atoms with Crippen molar-refractivity contribution in [3.05, 3.63) is 22.7 Å². The molecular formula is C15H17ClO4S. The van der Waals surface area contributed by atoms with Crippen LogP contribution in [-0.4, -0.2) is 25.6 Å². The van der Waals surface area contributed by atoms with Gasteiger partial charge in [-0.2, -0.15) is 11.8 Å². The highest BCUT2D eigenvalue weighted by molar-refractivity contribution is 7.98. The molecule has 0 radical (unpaired) electrons. The first kappa shape index (κ1) is 14.9. The molecule has 3 rings (SSSR count). The molecule has 0 amide bonds. The predicted molar refractivity (Wildman–Crippen MR) is 82.0 cm³/mol. The molecule has 2 aliphatic rings. The Bertz CT molecular complexity index is 557. The largest absolute Gasteiger partial charge is 0.469 e. The maximum absolute atomic E-state index is 11.4. The number of esters is 1. The third-order valence-electron chi connectivity index (χ3n) is 3.87. The van der Waals surface area contributed by atoms with Crippen molar-refractivity contribution < 1.29 is 19.0 Å². The van der Waals surface area contributed by atoms with Crippen LogP contribution < -0.4 is 9.47 Å². The Morgan fingerprint density at radius 3 is 2.95 bits per heavy atom. The molecule has 0 atom stereocenters. The van der Waals surface area contributed by atoms with E-state index in [9.17, 15) is 4.79 Å². The fourth-order valence-electron chi connectivity index (χ4n) is 2.42. The van der Waals surface area contributed by atoms with E-state index in [4.69, 9.17) is 25.8 Å². The normalized spacial score (nSPS) is 17.6. The first-order chi connectivity index (χ1) is 10.1. The first-order valence-electron chi connectivity index (χ1n) is 6.84. The summed E-state index contributed by atoms with van der Waals surface area (Å²) < 4.78 is 15.4. The molecule has 114 valence electrons. The van der Waals surface area contributed by atoms with Gasteiger partial charge in [0.25, 0.3) is 0 Å². The lowest BCUT2D eigenvalue weighted by molar-refractivity contribution is -0.141. The van der Waals surface area contributed by atoms with Crippen molar-refractivity contribution >= 4 is 29.3 Å². The van der Waals surface area contributed by atoms with Crippen LogP contribution in [-0.2, 0) is 15.3 Å². The van der Waals surface area contributed by atoms with E-state index >= 15 is 0 Å². The van der Waals surface area contributed by atoms with E-state index in [-0.39, 0.29) is 18.2 Å². The molecule has 4 nitrogen and oxygen atoms in total. The number of ether oxygens (including phenoxy) is 3. The second-order valence-electron chi connectivity index (χ2n) is 5.56. The van der Waals surface area contributed by atoms with Crippen molar-refractivity contribution in [1.29, 1.82) is 0 Å². The highest BCUT2D eigenvalue weighted by Crippen LogP contribution is 2.51. The van der Waals surface area contributed by atoms with Crippen molar-refractivity contribution in [2.24, 2.45) is 5.41 Å². The number of carbonyl (C=O) groups excluding carboxylic acids is 1. The van der Waals surface area contributed by atoms with E-state index in [1.54, 1.807) is 0 Å². The number of rotatable bonds is 6. The van der Waals surface area contributed by atoms with Gasteiger partial charge in [0.05, 0.1) is 18.6 Å². The molecule has 1 aliphatic heterocycles. The second kappa shape index (κ2) is 5.97. The monoisotopic (exact) mass is 328 g/mol. The number of hydrogen-bond acceptors (Lipinski definition) is 5. The number of carbonyl (C=O) groups is 1. The molecule has 1 saturated carbocycles. The number of benzene rings is 1. The maximum atomic E-state index is 11.4. The average Bonchev–Trinajstić information content (AvgIpc) is 3.03. The van der Waals surface area contributed by atoms with Gasteiger partial charge < -0.3 is 14.2 Å². The maximum Gasteiger partial charge on any atom is 0.306 e. The molecule has 0 unspecified atom stereocenters. The van der Waals surface area contributed by atoms with Gasteiger partial charge in [-0.15, -0.1) is 0 Å². The number of hydrogen-bond donors (Lipinski definition) is 0. The Hall–Kier alpha value is -1.07. The SMILES string of the molecule is COC(=O)CC1(CSCc2cc(Cl)c3c(c2)OCO3)CC1. The Kier molecular flexibility index (Phi) is 4.22. The molecule has 1 aromatic rings. The molecule has 0 N–H and O–H groups in total. The van der Waals surface area contributed by atoms with Crippen LogP contribution >= 0.6 is 23.4 Å². The van der Waals surface area contributed by atoms with Gasteiger partial charge in [0.1, 0.15) is 0 Å². The lowest BCUT2D eigenvalue weighted by Crippen LogP contribution is -2.13. The van der Waals surface area contributed by atoms with Crippen LogP contribution in [0.2, 0.25) is 5.02 Å². The predicted octanol–water partition coefficient (Wildman–Crippen LogP) is 3.65. The highest BCUT2D eigenvalue weighted by Gasteiger charge is 2.44. The number of methoxy groups -OCH3 is 1. The Labute approximate surface area is 133 Å². The number of halogens is 1. The zero-order valence-corrected chi connectivity index (χ0v) is 13.4. The highest BCUT2D eigenvalue weighted by atomic mass is 35.5. The molecule has 0 aromatic heterocycles. The molecule has 1 fully saturated rings. The quantitative estimate of drug-likeness (QED) is 0.746. The second-order valence-corrected chi connectivity index (χ2v) is 6.95. The van der Waals surface area contributed by atoms with Gasteiger partial charge >= 0.3 is 5.97 Å². The van der Waals surface area contributed by atoms with Crippen molar-refractivity contribution in [2.45, 2.75) is 25.0 Å². The van der Waals surface area contributed by atoms with Gasteiger partial charge in [-0.05, 0) is 41.7 Å². The number of thioether (sulfide) groups is 1. The van der Waals surface area contributed by atoms with E-state index < -0.39 is 0 Å². The summed E-state index contributed by atoms with van der Waals surface area (Å²) in [7, 11) is 1.44. The minimum absolute atomic E-state index is 0.112. The van der Waals surface area contributed by atoms with Crippen LogP contribution in [0.5, 0.6) is 11.5 Å². The summed E-state index contributed by atoms with van der Waals surface area (Å²) >= 11 is 7.99. The van der Waals surface area contributed by atoms with Crippen molar-refractivity contribution in [3.8, 4) is 11.5 Å². The third kappa shape index (κ3) is 3.40. The lowest BCUT2D eigenvalue weighted by atomic mass is 10.1. The summed E-state index contributed by atoms with van der Waals surface area (Å²) in [5.41, 5.74) is 1.26. The summed E-state index contributed by atoms with van der Waals surface area (Å²) in [6.07, 6.45) is 2.74. The van der Waals surface area contributed by atoms with E-state index in [1.165, 1.54) is 7.11 Å². The number of fused-ring (bicyclic) bond motifs is 1. The zero-order valence-electron chi connectivity index (χ0n) is 11.8. The molecule has 0 spiro atoms.